The molecule has 1 aliphatic rings. The van der Waals surface area contributed by atoms with Crippen LogP contribution in [0.15, 0.2) is 47.1 Å². The first-order chi connectivity index (χ1) is 11.5. The minimum Gasteiger partial charge on any atom is -0.477 e. The SMILES string of the molecule is O=C(O)c1ccc(C(=O)N2CCO[C@@H](c3ccc(Br)cc3)C2)cn1. The fraction of sp³-hybridized carbons (Fsp3) is 0.235. The first kappa shape index (κ1) is 16.6. The molecule has 1 N–H and O–H groups in total. The molecule has 0 spiro atoms. The van der Waals surface area contributed by atoms with Gasteiger partial charge >= 0.3 is 5.97 Å². The van der Waals surface area contributed by atoms with Gasteiger partial charge in [-0.25, -0.2) is 9.78 Å². The van der Waals surface area contributed by atoms with Crippen molar-refractivity contribution in [2.75, 3.05) is 19.7 Å². The van der Waals surface area contributed by atoms with Gasteiger partial charge in [0, 0.05) is 17.2 Å². The summed E-state index contributed by atoms with van der Waals surface area (Å²) in [5.41, 5.74) is 1.30. The third kappa shape index (κ3) is 3.63. The van der Waals surface area contributed by atoms with Gasteiger partial charge in [-0.3, -0.25) is 4.79 Å². The number of carbonyl (C=O) groups is 2. The summed E-state index contributed by atoms with van der Waals surface area (Å²) in [6.07, 6.45) is 1.12. The lowest BCUT2D eigenvalue weighted by molar-refractivity contribution is -0.0228. The fourth-order valence-corrected chi connectivity index (χ4v) is 2.81. The number of carboxylic acid groups (broad SMARTS) is 1. The van der Waals surface area contributed by atoms with Crippen molar-refractivity contribution in [2.45, 2.75) is 6.10 Å². The standard InChI is InChI=1S/C17H15BrN2O4/c18-13-4-1-11(2-5-13)15-10-20(7-8-24-15)16(21)12-3-6-14(17(22)23)19-9-12/h1-6,9,15H,7-8,10H2,(H,22,23)/t15-/m1/s1. The molecule has 3 rings (SSSR count). The maximum absolute atomic E-state index is 12.6. The van der Waals surface area contributed by atoms with Gasteiger partial charge in [-0.05, 0) is 29.8 Å². The molecule has 7 heteroatoms. The van der Waals surface area contributed by atoms with Crippen LogP contribution in [0.1, 0.15) is 32.5 Å². The lowest BCUT2D eigenvalue weighted by atomic mass is 10.1. The van der Waals surface area contributed by atoms with E-state index in [0.29, 0.717) is 25.3 Å². The molecule has 124 valence electrons. The molecule has 0 saturated carbocycles. The molecule has 1 saturated heterocycles. The van der Waals surface area contributed by atoms with Crippen molar-refractivity contribution in [2.24, 2.45) is 0 Å². The number of ether oxygens (including phenoxy) is 1. The normalized spacial score (nSPS) is 17.5. The third-order valence-electron chi connectivity index (χ3n) is 3.83. The zero-order valence-corrected chi connectivity index (χ0v) is 14.3. The average Bonchev–Trinajstić information content (AvgIpc) is 2.62. The molecule has 0 bridgehead atoms. The second-order valence-electron chi connectivity index (χ2n) is 5.40. The molecule has 1 fully saturated rings. The van der Waals surface area contributed by atoms with Crippen molar-refractivity contribution < 1.29 is 19.4 Å². The van der Waals surface area contributed by atoms with Crippen LogP contribution in [0.2, 0.25) is 0 Å². The molecule has 1 aliphatic heterocycles. The van der Waals surface area contributed by atoms with E-state index in [1.807, 2.05) is 24.3 Å². The van der Waals surface area contributed by atoms with Gasteiger partial charge in [0.15, 0.2) is 0 Å². The average molecular weight is 391 g/mol. The van der Waals surface area contributed by atoms with E-state index < -0.39 is 5.97 Å². The van der Waals surface area contributed by atoms with E-state index in [1.165, 1.54) is 18.3 Å². The Labute approximate surface area is 147 Å². The smallest absolute Gasteiger partial charge is 0.354 e. The Kier molecular flexibility index (Phi) is 4.92. The first-order valence-electron chi connectivity index (χ1n) is 7.40. The molecule has 1 aromatic heterocycles. The molecule has 6 nitrogen and oxygen atoms in total. The molecule has 0 unspecified atom stereocenters. The number of aromatic nitrogens is 1. The Morgan fingerprint density at radius 3 is 2.58 bits per heavy atom. The van der Waals surface area contributed by atoms with E-state index in [2.05, 4.69) is 20.9 Å². The third-order valence-corrected chi connectivity index (χ3v) is 4.35. The van der Waals surface area contributed by atoms with Crippen molar-refractivity contribution >= 4 is 27.8 Å². The second-order valence-corrected chi connectivity index (χ2v) is 6.32. The van der Waals surface area contributed by atoms with Gasteiger partial charge in [0.2, 0.25) is 0 Å². The predicted molar refractivity (Wildman–Crippen MR) is 89.9 cm³/mol. The highest BCUT2D eigenvalue weighted by Crippen LogP contribution is 2.24. The Hall–Kier alpha value is -2.25. The van der Waals surface area contributed by atoms with E-state index in [-0.39, 0.29) is 17.7 Å². The molecular weight excluding hydrogens is 376 g/mol. The van der Waals surface area contributed by atoms with Gasteiger partial charge in [0.25, 0.3) is 5.91 Å². The largest absolute Gasteiger partial charge is 0.477 e. The van der Waals surface area contributed by atoms with E-state index in [0.717, 1.165) is 10.0 Å². The van der Waals surface area contributed by atoms with E-state index in [1.54, 1.807) is 4.90 Å². The number of aromatic carboxylic acids is 1. The molecule has 1 atom stereocenters. The minimum absolute atomic E-state index is 0.0822. The summed E-state index contributed by atoms with van der Waals surface area (Å²) in [7, 11) is 0. The molecule has 1 aromatic carbocycles. The van der Waals surface area contributed by atoms with Crippen molar-refractivity contribution in [1.29, 1.82) is 0 Å². The lowest BCUT2D eigenvalue weighted by Gasteiger charge is -2.33. The van der Waals surface area contributed by atoms with Crippen LogP contribution in [-0.4, -0.2) is 46.6 Å². The molecule has 2 aromatic rings. The summed E-state index contributed by atoms with van der Waals surface area (Å²) in [5.74, 6) is -1.29. The monoisotopic (exact) mass is 390 g/mol. The molecule has 1 amide bonds. The van der Waals surface area contributed by atoms with Gasteiger partial charge in [-0.1, -0.05) is 28.1 Å². The van der Waals surface area contributed by atoms with Gasteiger partial charge in [-0.15, -0.1) is 0 Å². The zero-order chi connectivity index (χ0) is 17.1. The molecule has 0 aliphatic carbocycles. The highest BCUT2D eigenvalue weighted by Gasteiger charge is 2.26. The Bertz CT molecular complexity index is 746. The van der Waals surface area contributed by atoms with Crippen molar-refractivity contribution in [3.05, 3.63) is 63.9 Å². The number of rotatable bonds is 3. The number of nitrogens with zero attached hydrogens (tertiary/aromatic N) is 2. The number of benzene rings is 1. The number of halogens is 1. The summed E-state index contributed by atoms with van der Waals surface area (Å²) in [6.45, 7) is 1.39. The van der Waals surface area contributed by atoms with Crippen molar-refractivity contribution in [3.63, 3.8) is 0 Å². The molecule has 2 heterocycles. The van der Waals surface area contributed by atoms with E-state index in [4.69, 9.17) is 9.84 Å². The van der Waals surface area contributed by atoms with Gasteiger partial charge < -0.3 is 14.7 Å². The Balaban J connectivity index is 1.72. The van der Waals surface area contributed by atoms with Crippen molar-refractivity contribution in [1.82, 2.24) is 9.88 Å². The summed E-state index contributed by atoms with van der Waals surface area (Å²) in [5, 5.41) is 8.87. The Morgan fingerprint density at radius 1 is 1.21 bits per heavy atom. The van der Waals surface area contributed by atoms with Crippen LogP contribution in [0.3, 0.4) is 0 Å². The topological polar surface area (TPSA) is 79.7 Å². The minimum atomic E-state index is -1.12. The second kappa shape index (κ2) is 7.11. The number of amides is 1. The van der Waals surface area contributed by atoms with Crippen LogP contribution in [0.4, 0.5) is 0 Å². The predicted octanol–water partition coefficient (Wildman–Crippen LogP) is 2.76. The number of morpholine rings is 1. The highest BCUT2D eigenvalue weighted by molar-refractivity contribution is 9.10. The van der Waals surface area contributed by atoms with E-state index >= 15 is 0 Å². The quantitative estimate of drug-likeness (QED) is 0.871. The summed E-state index contributed by atoms with van der Waals surface area (Å²) in [6, 6.07) is 10.6. The van der Waals surface area contributed by atoms with Crippen molar-refractivity contribution in [3.8, 4) is 0 Å². The summed E-state index contributed by atoms with van der Waals surface area (Å²) in [4.78, 5) is 28.9. The van der Waals surface area contributed by atoms with Gasteiger partial charge in [0.05, 0.1) is 18.7 Å². The van der Waals surface area contributed by atoms with Crippen LogP contribution in [-0.2, 0) is 4.74 Å². The van der Waals surface area contributed by atoms with Crippen LogP contribution in [0.25, 0.3) is 0 Å². The van der Waals surface area contributed by atoms with Gasteiger partial charge in [-0.2, -0.15) is 0 Å². The van der Waals surface area contributed by atoms with Crippen LogP contribution >= 0.6 is 15.9 Å². The Morgan fingerprint density at radius 2 is 1.96 bits per heavy atom. The fourth-order valence-electron chi connectivity index (χ4n) is 2.54. The number of carboxylic acids is 1. The number of pyridine rings is 1. The first-order valence-corrected chi connectivity index (χ1v) is 8.19. The molecule has 24 heavy (non-hydrogen) atoms. The van der Waals surface area contributed by atoms with Crippen LogP contribution in [0, 0.1) is 0 Å². The number of carbonyl (C=O) groups excluding carboxylic acids is 1. The van der Waals surface area contributed by atoms with Crippen LogP contribution in [0.5, 0.6) is 0 Å². The summed E-state index contributed by atoms with van der Waals surface area (Å²) >= 11 is 3.40. The highest BCUT2D eigenvalue weighted by atomic mass is 79.9. The summed E-state index contributed by atoms with van der Waals surface area (Å²) < 4.78 is 6.75. The molecule has 0 radical (unpaired) electrons. The molecular formula is C17H15BrN2O4. The number of hydrogen-bond acceptors (Lipinski definition) is 4. The lowest BCUT2D eigenvalue weighted by Crippen LogP contribution is -2.42. The number of hydrogen-bond donors (Lipinski definition) is 1. The zero-order valence-electron chi connectivity index (χ0n) is 12.7. The maximum atomic E-state index is 12.6. The van der Waals surface area contributed by atoms with E-state index in [9.17, 15) is 9.59 Å². The van der Waals surface area contributed by atoms with Crippen LogP contribution < -0.4 is 0 Å². The maximum Gasteiger partial charge on any atom is 0.354 e. The van der Waals surface area contributed by atoms with Gasteiger partial charge in [0.1, 0.15) is 11.8 Å².